The molecule has 5 heteroatoms. The number of benzene rings is 1. The van der Waals surface area contributed by atoms with E-state index in [1.54, 1.807) is 0 Å². The highest BCUT2D eigenvalue weighted by atomic mass is 19.1. The second-order valence-corrected chi connectivity index (χ2v) is 4.43. The van der Waals surface area contributed by atoms with Gasteiger partial charge >= 0.3 is 0 Å². The number of nitrogens with zero attached hydrogens (tertiary/aromatic N) is 2. The minimum absolute atomic E-state index is 0.140. The lowest BCUT2D eigenvalue weighted by atomic mass is 10.0. The van der Waals surface area contributed by atoms with E-state index in [1.807, 2.05) is 11.8 Å². The van der Waals surface area contributed by atoms with Crippen molar-refractivity contribution in [2.45, 2.75) is 32.2 Å². The first-order valence-electron chi connectivity index (χ1n) is 5.80. The number of hydrogen-bond acceptors (Lipinski definition) is 3. The second-order valence-electron chi connectivity index (χ2n) is 4.43. The minimum Gasteiger partial charge on any atom is -0.363 e. The monoisotopic (exact) mass is 238 g/mol. The van der Waals surface area contributed by atoms with Gasteiger partial charge in [0, 0.05) is 12.6 Å². The van der Waals surface area contributed by atoms with E-state index in [4.69, 9.17) is 0 Å². The minimum atomic E-state index is -0.565. The van der Waals surface area contributed by atoms with Crippen LogP contribution in [0, 0.1) is 15.9 Å². The molecular weight excluding hydrogens is 223 g/mol. The third kappa shape index (κ3) is 2.38. The average molecular weight is 238 g/mol. The summed E-state index contributed by atoms with van der Waals surface area (Å²) in [6.45, 7) is 2.85. The molecule has 1 aliphatic rings. The van der Waals surface area contributed by atoms with E-state index in [9.17, 15) is 14.5 Å². The Labute approximate surface area is 99.2 Å². The molecule has 17 heavy (non-hydrogen) atoms. The Kier molecular flexibility index (Phi) is 3.26. The number of nitro groups is 1. The van der Waals surface area contributed by atoms with Crippen LogP contribution in [0.3, 0.4) is 0 Å². The van der Waals surface area contributed by atoms with Crippen LogP contribution in [0.2, 0.25) is 0 Å². The Morgan fingerprint density at radius 2 is 2.24 bits per heavy atom. The topological polar surface area (TPSA) is 46.4 Å². The fourth-order valence-corrected chi connectivity index (χ4v) is 2.34. The van der Waals surface area contributed by atoms with E-state index in [0.29, 0.717) is 5.69 Å². The van der Waals surface area contributed by atoms with E-state index in [0.717, 1.165) is 31.9 Å². The Morgan fingerprint density at radius 1 is 1.47 bits per heavy atom. The molecule has 0 spiro atoms. The maximum absolute atomic E-state index is 13.0. The lowest BCUT2D eigenvalue weighted by Gasteiger charge is -2.34. The molecule has 1 fully saturated rings. The van der Waals surface area contributed by atoms with Crippen LogP contribution < -0.4 is 4.90 Å². The summed E-state index contributed by atoms with van der Waals surface area (Å²) in [6, 6.07) is 4.06. The molecule has 0 radical (unpaired) electrons. The van der Waals surface area contributed by atoms with Crippen molar-refractivity contribution in [3.8, 4) is 0 Å². The van der Waals surface area contributed by atoms with Gasteiger partial charge in [-0.25, -0.2) is 4.39 Å². The summed E-state index contributed by atoms with van der Waals surface area (Å²) in [6.07, 6.45) is 3.19. The van der Waals surface area contributed by atoms with Gasteiger partial charge in [0.1, 0.15) is 11.5 Å². The molecule has 2 rings (SSSR count). The van der Waals surface area contributed by atoms with E-state index in [-0.39, 0.29) is 11.7 Å². The van der Waals surface area contributed by atoms with E-state index in [1.165, 1.54) is 12.1 Å². The van der Waals surface area contributed by atoms with Crippen LogP contribution in [0.4, 0.5) is 15.8 Å². The highest BCUT2D eigenvalue weighted by molar-refractivity contribution is 5.64. The first-order valence-corrected chi connectivity index (χ1v) is 5.80. The van der Waals surface area contributed by atoms with Crippen molar-refractivity contribution in [3.05, 3.63) is 34.1 Å². The molecule has 0 aromatic heterocycles. The van der Waals surface area contributed by atoms with Gasteiger partial charge in [-0.1, -0.05) is 0 Å². The Hall–Kier alpha value is -1.65. The zero-order valence-corrected chi connectivity index (χ0v) is 9.73. The van der Waals surface area contributed by atoms with E-state index in [2.05, 4.69) is 0 Å². The predicted octanol–water partition coefficient (Wildman–Crippen LogP) is 3.11. The maximum Gasteiger partial charge on any atom is 0.295 e. The van der Waals surface area contributed by atoms with Gasteiger partial charge in [-0.05, 0) is 38.3 Å². The lowest BCUT2D eigenvalue weighted by molar-refractivity contribution is -0.384. The third-order valence-electron chi connectivity index (χ3n) is 3.25. The van der Waals surface area contributed by atoms with Crippen LogP contribution in [0.5, 0.6) is 0 Å². The van der Waals surface area contributed by atoms with Gasteiger partial charge in [-0.15, -0.1) is 0 Å². The summed E-state index contributed by atoms with van der Waals surface area (Å²) in [5, 5.41) is 10.9. The molecule has 4 nitrogen and oxygen atoms in total. The molecule has 92 valence electrons. The van der Waals surface area contributed by atoms with Crippen LogP contribution in [0.15, 0.2) is 18.2 Å². The molecule has 0 saturated carbocycles. The smallest absolute Gasteiger partial charge is 0.295 e. The maximum atomic E-state index is 13.0. The molecule has 0 aliphatic carbocycles. The summed E-state index contributed by atoms with van der Waals surface area (Å²) < 4.78 is 13.0. The summed E-state index contributed by atoms with van der Waals surface area (Å²) in [4.78, 5) is 12.4. The molecular formula is C12H15FN2O2. The quantitative estimate of drug-likeness (QED) is 0.587. The standard InChI is InChI=1S/C12H15FN2O2/c1-9-4-2-3-7-14(9)11-6-5-10(13)8-12(11)15(16)17/h5-6,8-9H,2-4,7H2,1H3/t9-/m1/s1. The highest BCUT2D eigenvalue weighted by Gasteiger charge is 2.25. The molecule has 0 N–H and O–H groups in total. The molecule has 1 aliphatic heterocycles. The van der Waals surface area contributed by atoms with Crippen molar-refractivity contribution in [1.82, 2.24) is 0 Å². The summed E-state index contributed by atoms with van der Waals surface area (Å²) in [5.74, 6) is -0.565. The predicted molar refractivity (Wildman–Crippen MR) is 63.7 cm³/mol. The molecule has 1 saturated heterocycles. The number of halogens is 1. The molecule has 0 amide bonds. The number of hydrogen-bond donors (Lipinski definition) is 0. The van der Waals surface area contributed by atoms with Crippen molar-refractivity contribution in [1.29, 1.82) is 0 Å². The molecule has 0 bridgehead atoms. The fraction of sp³-hybridized carbons (Fsp3) is 0.500. The SMILES string of the molecule is C[C@@H]1CCCCN1c1ccc(F)cc1[N+](=O)[O-]. The third-order valence-corrected chi connectivity index (χ3v) is 3.25. The van der Waals surface area contributed by atoms with Crippen LogP contribution in [0.1, 0.15) is 26.2 Å². The fourth-order valence-electron chi connectivity index (χ4n) is 2.34. The number of nitro benzene ring substituents is 1. The molecule has 1 aromatic carbocycles. The average Bonchev–Trinajstić information content (AvgIpc) is 2.30. The van der Waals surface area contributed by atoms with Gasteiger partial charge in [0.2, 0.25) is 0 Å². The largest absolute Gasteiger partial charge is 0.363 e. The van der Waals surface area contributed by atoms with Crippen LogP contribution in [0.25, 0.3) is 0 Å². The van der Waals surface area contributed by atoms with E-state index >= 15 is 0 Å². The van der Waals surface area contributed by atoms with Crippen LogP contribution in [-0.2, 0) is 0 Å². The Bertz CT molecular complexity index is 437. The molecule has 0 unspecified atom stereocenters. The molecule has 1 atom stereocenters. The normalized spacial score (nSPS) is 20.4. The first kappa shape index (κ1) is 11.8. The van der Waals surface area contributed by atoms with Crippen molar-refractivity contribution < 1.29 is 9.31 Å². The van der Waals surface area contributed by atoms with Gasteiger partial charge in [0.25, 0.3) is 5.69 Å². The summed E-state index contributed by atoms with van der Waals surface area (Å²) >= 11 is 0. The number of anilines is 1. The number of rotatable bonds is 2. The lowest BCUT2D eigenvalue weighted by Crippen LogP contribution is -2.37. The zero-order valence-electron chi connectivity index (χ0n) is 9.73. The van der Waals surface area contributed by atoms with E-state index < -0.39 is 10.7 Å². The van der Waals surface area contributed by atoms with Crippen molar-refractivity contribution >= 4 is 11.4 Å². The van der Waals surface area contributed by atoms with Crippen LogP contribution >= 0.6 is 0 Å². The van der Waals surface area contributed by atoms with Gasteiger partial charge in [-0.3, -0.25) is 10.1 Å². The van der Waals surface area contributed by atoms with Gasteiger partial charge in [0.15, 0.2) is 0 Å². The highest BCUT2D eigenvalue weighted by Crippen LogP contribution is 2.33. The molecule has 1 aromatic rings. The zero-order chi connectivity index (χ0) is 12.4. The Morgan fingerprint density at radius 3 is 2.88 bits per heavy atom. The first-order chi connectivity index (χ1) is 8.09. The van der Waals surface area contributed by atoms with Crippen molar-refractivity contribution in [2.75, 3.05) is 11.4 Å². The van der Waals surface area contributed by atoms with Gasteiger partial charge in [0.05, 0.1) is 11.0 Å². The number of piperidine rings is 1. The Balaban J connectivity index is 2.39. The summed E-state index contributed by atoms with van der Waals surface area (Å²) in [7, 11) is 0. The molecule has 1 heterocycles. The van der Waals surface area contributed by atoms with Gasteiger partial charge in [-0.2, -0.15) is 0 Å². The van der Waals surface area contributed by atoms with Crippen molar-refractivity contribution in [2.24, 2.45) is 0 Å². The van der Waals surface area contributed by atoms with Crippen molar-refractivity contribution in [3.63, 3.8) is 0 Å². The van der Waals surface area contributed by atoms with Crippen LogP contribution in [-0.4, -0.2) is 17.5 Å². The van der Waals surface area contributed by atoms with Gasteiger partial charge < -0.3 is 4.90 Å². The summed E-state index contributed by atoms with van der Waals surface area (Å²) in [5.41, 5.74) is 0.391. The second kappa shape index (κ2) is 4.69.